The van der Waals surface area contributed by atoms with E-state index in [0.29, 0.717) is 37.1 Å². The average molecular weight is 182 g/mol. The molecule has 0 spiro atoms. The Labute approximate surface area is 77.7 Å². The van der Waals surface area contributed by atoms with Crippen LogP contribution in [0.25, 0.3) is 0 Å². The van der Waals surface area contributed by atoms with Gasteiger partial charge in [-0.25, -0.2) is 4.39 Å². The molecule has 0 aliphatic heterocycles. The lowest BCUT2D eigenvalue weighted by atomic mass is 10.0. The molecule has 72 valence electrons. The van der Waals surface area contributed by atoms with Crippen molar-refractivity contribution >= 4 is 0 Å². The molecule has 1 aromatic carbocycles. The Kier molecular flexibility index (Phi) is 3.86. The van der Waals surface area contributed by atoms with Gasteiger partial charge < -0.3 is 11.5 Å². The van der Waals surface area contributed by atoms with Crippen molar-refractivity contribution in [2.45, 2.75) is 12.8 Å². The van der Waals surface area contributed by atoms with Crippen LogP contribution in [0.5, 0.6) is 0 Å². The van der Waals surface area contributed by atoms with E-state index in [-0.39, 0.29) is 5.82 Å². The van der Waals surface area contributed by atoms with Gasteiger partial charge in [0.25, 0.3) is 0 Å². The van der Waals surface area contributed by atoms with Gasteiger partial charge in [-0.05, 0) is 37.1 Å². The monoisotopic (exact) mass is 182 g/mol. The summed E-state index contributed by atoms with van der Waals surface area (Å²) in [6.07, 6.45) is 1.18. The Hall–Kier alpha value is -0.930. The summed E-state index contributed by atoms with van der Waals surface area (Å²) in [4.78, 5) is 0. The molecule has 0 saturated carbocycles. The second-order valence-electron chi connectivity index (χ2n) is 2.97. The zero-order valence-corrected chi connectivity index (χ0v) is 7.59. The molecular formula is C10H15FN2. The van der Waals surface area contributed by atoms with E-state index >= 15 is 0 Å². The summed E-state index contributed by atoms with van der Waals surface area (Å²) in [6, 6.07) is 5.38. The highest BCUT2D eigenvalue weighted by Crippen LogP contribution is 2.13. The maximum absolute atomic E-state index is 13.5. The van der Waals surface area contributed by atoms with E-state index in [1.807, 2.05) is 6.07 Å². The van der Waals surface area contributed by atoms with Gasteiger partial charge >= 0.3 is 0 Å². The van der Waals surface area contributed by atoms with Crippen molar-refractivity contribution in [1.82, 2.24) is 0 Å². The lowest BCUT2D eigenvalue weighted by molar-refractivity contribution is 0.592. The summed E-state index contributed by atoms with van der Waals surface area (Å²) in [7, 11) is 0. The van der Waals surface area contributed by atoms with Crippen LogP contribution in [0.4, 0.5) is 4.39 Å². The molecular weight excluding hydrogens is 167 g/mol. The van der Waals surface area contributed by atoms with Gasteiger partial charge in [0.2, 0.25) is 0 Å². The van der Waals surface area contributed by atoms with Crippen LogP contribution in [0.3, 0.4) is 0 Å². The zero-order chi connectivity index (χ0) is 9.68. The SMILES string of the molecule is NCCc1cccc(CCN)c1F. The highest BCUT2D eigenvalue weighted by Gasteiger charge is 2.05. The second-order valence-corrected chi connectivity index (χ2v) is 2.97. The molecule has 0 atom stereocenters. The maximum atomic E-state index is 13.5. The third-order valence-electron chi connectivity index (χ3n) is 1.99. The van der Waals surface area contributed by atoms with E-state index in [9.17, 15) is 4.39 Å². The quantitative estimate of drug-likeness (QED) is 0.724. The molecule has 0 heterocycles. The second kappa shape index (κ2) is 4.94. The first-order valence-electron chi connectivity index (χ1n) is 4.46. The summed E-state index contributed by atoms with van der Waals surface area (Å²) >= 11 is 0. The molecule has 0 bridgehead atoms. The summed E-state index contributed by atoms with van der Waals surface area (Å²) in [5.74, 6) is -0.140. The molecule has 0 saturated heterocycles. The van der Waals surface area contributed by atoms with E-state index in [1.165, 1.54) is 0 Å². The first-order valence-corrected chi connectivity index (χ1v) is 4.46. The maximum Gasteiger partial charge on any atom is 0.129 e. The third kappa shape index (κ3) is 2.50. The van der Waals surface area contributed by atoms with Crippen LogP contribution in [-0.2, 0) is 12.8 Å². The molecule has 1 rings (SSSR count). The van der Waals surface area contributed by atoms with E-state index < -0.39 is 0 Å². The largest absolute Gasteiger partial charge is 0.330 e. The molecule has 0 fully saturated rings. The fourth-order valence-corrected chi connectivity index (χ4v) is 1.33. The standard InChI is InChI=1S/C10H15FN2/c11-10-8(4-6-12)2-1-3-9(10)5-7-13/h1-3H,4-7,12-13H2. The van der Waals surface area contributed by atoms with Gasteiger partial charge in [0.15, 0.2) is 0 Å². The molecule has 0 unspecified atom stereocenters. The molecule has 2 nitrogen and oxygen atoms in total. The van der Waals surface area contributed by atoms with Crippen LogP contribution in [0, 0.1) is 5.82 Å². The van der Waals surface area contributed by atoms with Gasteiger partial charge in [-0.3, -0.25) is 0 Å². The number of rotatable bonds is 4. The van der Waals surface area contributed by atoms with Crippen molar-refractivity contribution in [2.24, 2.45) is 11.5 Å². The number of hydrogen-bond donors (Lipinski definition) is 2. The van der Waals surface area contributed by atoms with Crippen LogP contribution >= 0.6 is 0 Å². The smallest absolute Gasteiger partial charge is 0.129 e. The van der Waals surface area contributed by atoms with E-state index in [1.54, 1.807) is 12.1 Å². The average Bonchev–Trinajstić information content (AvgIpc) is 2.13. The summed E-state index contributed by atoms with van der Waals surface area (Å²) in [5, 5.41) is 0. The Morgan fingerprint density at radius 1 is 1.00 bits per heavy atom. The van der Waals surface area contributed by atoms with Crippen LogP contribution < -0.4 is 11.5 Å². The first-order chi connectivity index (χ1) is 6.29. The summed E-state index contributed by atoms with van der Waals surface area (Å²) in [6.45, 7) is 0.950. The van der Waals surface area contributed by atoms with E-state index in [0.717, 1.165) is 0 Å². The molecule has 0 amide bonds. The minimum atomic E-state index is -0.140. The lowest BCUT2D eigenvalue weighted by Crippen LogP contribution is -2.08. The van der Waals surface area contributed by atoms with Crippen LogP contribution in [0.1, 0.15) is 11.1 Å². The summed E-state index contributed by atoms with van der Waals surface area (Å²) in [5.41, 5.74) is 12.1. The predicted octanol–water partition coefficient (Wildman–Crippen LogP) is 0.828. The normalized spacial score (nSPS) is 10.4. The minimum Gasteiger partial charge on any atom is -0.330 e. The predicted molar refractivity (Wildman–Crippen MR) is 51.9 cm³/mol. The van der Waals surface area contributed by atoms with Crippen molar-refractivity contribution < 1.29 is 4.39 Å². The van der Waals surface area contributed by atoms with Gasteiger partial charge in [0.05, 0.1) is 0 Å². The molecule has 0 aliphatic carbocycles. The lowest BCUT2D eigenvalue weighted by Gasteiger charge is -2.05. The molecule has 1 aromatic rings. The van der Waals surface area contributed by atoms with Gasteiger partial charge in [0.1, 0.15) is 5.82 Å². The fraction of sp³-hybridized carbons (Fsp3) is 0.400. The van der Waals surface area contributed by atoms with Crippen molar-refractivity contribution in [2.75, 3.05) is 13.1 Å². The van der Waals surface area contributed by atoms with Crippen molar-refractivity contribution in [3.63, 3.8) is 0 Å². The van der Waals surface area contributed by atoms with Gasteiger partial charge in [0, 0.05) is 0 Å². The van der Waals surface area contributed by atoms with Crippen LogP contribution in [0.15, 0.2) is 18.2 Å². The van der Waals surface area contributed by atoms with E-state index in [4.69, 9.17) is 11.5 Å². The van der Waals surface area contributed by atoms with Crippen molar-refractivity contribution in [3.8, 4) is 0 Å². The van der Waals surface area contributed by atoms with Gasteiger partial charge in [-0.15, -0.1) is 0 Å². The fourth-order valence-electron chi connectivity index (χ4n) is 1.33. The van der Waals surface area contributed by atoms with Crippen LogP contribution in [0.2, 0.25) is 0 Å². The van der Waals surface area contributed by atoms with Crippen LogP contribution in [-0.4, -0.2) is 13.1 Å². The molecule has 0 aromatic heterocycles. The molecule has 0 radical (unpaired) electrons. The third-order valence-corrected chi connectivity index (χ3v) is 1.99. The zero-order valence-electron chi connectivity index (χ0n) is 7.59. The summed E-state index contributed by atoms with van der Waals surface area (Å²) < 4.78 is 13.5. The topological polar surface area (TPSA) is 52.0 Å². The molecule has 13 heavy (non-hydrogen) atoms. The Bertz CT molecular complexity index is 249. The Morgan fingerprint density at radius 3 is 1.85 bits per heavy atom. The highest BCUT2D eigenvalue weighted by molar-refractivity contribution is 5.26. The Morgan fingerprint density at radius 2 is 1.46 bits per heavy atom. The Balaban J connectivity index is 2.89. The number of benzene rings is 1. The molecule has 0 aliphatic rings. The highest BCUT2D eigenvalue weighted by atomic mass is 19.1. The molecule has 4 N–H and O–H groups in total. The van der Waals surface area contributed by atoms with Gasteiger partial charge in [-0.1, -0.05) is 18.2 Å². The molecule has 3 heteroatoms. The van der Waals surface area contributed by atoms with Gasteiger partial charge in [-0.2, -0.15) is 0 Å². The minimum absolute atomic E-state index is 0.140. The first kappa shape index (κ1) is 10.2. The van der Waals surface area contributed by atoms with Crippen molar-refractivity contribution in [1.29, 1.82) is 0 Å². The number of hydrogen-bond acceptors (Lipinski definition) is 2. The number of halogens is 1. The van der Waals surface area contributed by atoms with E-state index in [2.05, 4.69) is 0 Å². The van der Waals surface area contributed by atoms with Crippen molar-refractivity contribution in [3.05, 3.63) is 35.1 Å². The number of nitrogens with two attached hydrogens (primary N) is 2.